The zero-order valence-corrected chi connectivity index (χ0v) is 24.8. The van der Waals surface area contributed by atoms with Crippen molar-refractivity contribution in [2.24, 2.45) is 17.8 Å². The molecule has 2 aliphatic heterocycles. The van der Waals surface area contributed by atoms with Crippen LogP contribution in [0.25, 0.3) is 0 Å². The molecule has 11 nitrogen and oxygen atoms in total. The van der Waals surface area contributed by atoms with E-state index < -0.39 is 49.7 Å². The lowest BCUT2D eigenvalue weighted by Crippen LogP contribution is -2.61. The largest absolute Gasteiger partial charge is 0.389 e. The fourth-order valence-electron chi connectivity index (χ4n) is 5.80. The van der Waals surface area contributed by atoms with Gasteiger partial charge in [-0.15, -0.1) is 0 Å². The molecule has 2 unspecified atom stereocenters. The van der Waals surface area contributed by atoms with Gasteiger partial charge in [0, 0.05) is 18.6 Å². The first-order chi connectivity index (χ1) is 17.6. The van der Waals surface area contributed by atoms with E-state index in [1.165, 1.54) is 4.90 Å². The molecule has 0 aromatic heterocycles. The maximum Gasteiger partial charge on any atom is 0.334 e. The van der Waals surface area contributed by atoms with Crippen LogP contribution in [0.5, 0.6) is 0 Å². The zero-order chi connectivity index (χ0) is 28.3. The number of hydrogen-bond acceptors (Lipinski definition) is 7. The Labute approximate surface area is 228 Å². The zero-order valence-electron chi connectivity index (χ0n) is 23.2. The molecule has 2 saturated heterocycles. The molecule has 2 heterocycles. The van der Waals surface area contributed by atoms with E-state index >= 15 is 0 Å². The number of carbonyl (C=O) groups excluding carboxylic acids is 2. The van der Waals surface area contributed by atoms with Gasteiger partial charge in [-0.1, -0.05) is 39.0 Å². The summed E-state index contributed by atoms with van der Waals surface area (Å²) in [5.74, 6) is -0.997. The molecule has 0 spiro atoms. The van der Waals surface area contributed by atoms with E-state index in [2.05, 4.69) is 10.0 Å². The van der Waals surface area contributed by atoms with Crippen molar-refractivity contribution in [3.05, 3.63) is 0 Å². The van der Waals surface area contributed by atoms with Crippen molar-refractivity contribution in [3.8, 4) is 0 Å². The molecule has 220 valence electrons. The number of carbonyl (C=O) groups is 2. The summed E-state index contributed by atoms with van der Waals surface area (Å²) in [6.45, 7) is 7.11. The number of amides is 3. The number of nitrogens with one attached hydrogen (secondary N) is 2. The number of sulfone groups is 1. The number of rotatable bonds is 9. The van der Waals surface area contributed by atoms with Gasteiger partial charge in [-0.05, 0) is 51.9 Å². The van der Waals surface area contributed by atoms with Gasteiger partial charge in [0.1, 0.15) is 0 Å². The topological polar surface area (TPSA) is 153 Å². The fraction of sp³-hybridized carbons (Fsp3) is 0.920. The Kier molecular flexibility index (Phi) is 10.1. The summed E-state index contributed by atoms with van der Waals surface area (Å²) < 4.78 is 53.4. The first-order valence-corrected chi connectivity index (χ1v) is 17.1. The van der Waals surface area contributed by atoms with Gasteiger partial charge < -0.3 is 15.3 Å². The summed E-state index contributed by atoms with van der Waals surface area (Å²) in [6, 6.07) is -1.38. The van der Waals surface area contributed by atoms with Crippen LogP contribution >= 0.6 is 0 Å². The predicted molar refractivity (Wildman–Crippen MR) is 145 cm³/mol. The maximum absolute atomic E-state index is 13.3. The lowest BCUT2D eigenvalue weighted by Gasteiger charge is -2.41. The van der Waals surface area contributed by atoms with E-state index in [-0.39, 0.29) is 43.0 Å². The molecule has 0 aromatic carbocycles. The second-order valence-corrected chi connectivity index (χ2v) is 16.4. The number of hydrogen-bond donors (Lipinski definition) is 3. The van der Waals surface area contributed by atoms with Crippen molar-refractivity contribution >= 4 is 32.0 Å². The predicted octanol–water partition coefficient (Wildman–Crippen LogP) is 1.63. The summed E-state index contributed by atoms with van der Waals surface area (Å²) in [5, 5.41) is 14.2. The fourth-order valence-corrected chi connectivity index (χ4v) is 9.16. The van der Waals surface area contributed by atoms with Crippen LogP contribution in [0.1, 0.15) is 79.1 Å². The Morgan fingerprint density at radius 1 is 1.11 bits per heavy atom. The minimum absolute atomic E-state index is 0.0369. The van der Waals surface area contributed by atoms with Gasteiger partial charge in [-0.3, -0.25) is 4.79 Å². The Bertz CT molecular complexity index is 1050. The number of aliphatic hydroxyl groups excluding tert-OH is 1. The van der Waals surface area contributed by atoms with E-state index in [4.69, 9.17) is 0 Å². The molecule has 3 N–H and O–H groups in total. The molecule has 3 amide bonds. The van der Waals surface area contributed by atoms with Crippen molar-refractivity contribution in [1.29, 1.82) is 0 Å². The summed E-state index contributed by atoms with van der Waals surface area (Å²) >= 11 is 0. The van der Waals surface area contributed by atoms with Gasteiger partial charge in [0.25, 0.3) is 0 Å². The molecule has 38 heavy (non-hydrogen) atoms. The quantitative estimate of drug-likeness (QED) is 0.376. The van der Waals surface area contributed by atoms with Crippen LogP contribution in [-0.2, 0) is 24.8 Å². The Morgan fingerprint density at radius 2 is 1.76 bits per heavy atom. The first-order valence-electron chi connectivity index (χ1n) is 13.9. The van der Waals surface area contributed by atoms with Crippen LogP contribution in [0.3, 0.4) is 0 Å². The van der Waals surface area contributed by atoms with E-state index in [1.807, 2.05) is 6.92 Å². The summed E-state index contributed by atoms with van der Waals surface area (Å²) in [4.78, 5) is 27.7. The van der Waals surface area contributed by atoms with E-state index in [9.17, 15) is 31.5 Å². The van der Waals surface area contributed by atoms with Crippen molar-refractivity contribution in [2.45, 2.75) is 96.7 Å². The summed E-state index contributed by atoms with van der Waals surface area (Å²) in [6.07, 6.45) is 5.60. The van der Waals surface area contributed by atoms with Gasteiger partial charge in [-0.25, -0.2) is 17.5 Å². The maximum atomic E-state index is 13.3. The van der Waals surface area contributed by atoms with Gasteiger partial charge in [0.15, 0.2) is 9.84 Å². The lowest BCUT2D eigenvalue weighted by molar-refractivity contribution is -0.126. The Balaban J connectivity index is 1.74. The van der Waals surface area contributed by atoms with Gasteiger partial charge in [0.05, 0.1) is 36.1 Å². The number of β-amino-alcohol motifs (C(OH)–C–C–N with tert-alkyl or cyclic N) is 1. The van der Waals surface area contributed by atoms with E-state index in [0.717, 1.165) is 36.4 Å². The summed E-state index contributed by atoms with van der Waals surface area (Å²) in [5.41, 5.74) is -0.772. The number of nitrogens with zero attached hydrogens (tertiary/aromatic N) is 2. The van der Waals surface area contributed by atoms with Gasteiger partial charge >= 0.3 is 16.2 Å². The van der Waals surface area contributed by atoms with Crippen molar-refractivity contribution in [2.75, 3.05) is 31.1 Å². The lowest BCUT2D eigenvalue weighted by atomic mass is 9.83. The highest BCUT2D eigenvalue weighted by Crippen LogP contribution is 2.29. The first kappa shape index (κ1) is 31.1. The molecule has 0 aromatic rings. The monoisotopic (exact) mass is 578 g/mol. The third-order valence-corrected chi connectivity index (χ3v) is 11.1. The second kappa shape index (κ2) is 12.4. The average molecular weight is 579 g/mol. The van der Waals surface area contributed by atoms with Crippen LogP contribution in [0, 0.1) is 17.8 Å². The minimum Gasteiger partial charge on any atom is -0.389 e. The van der Waals surface area contributed by atoms with E-state index in [0.29, 0.717) is 25.2 Å². The van der Waals surface area contributed by atoms with Crippen LogP contribution in [0.4, 0.5) is 4.79 Å². The van der Waals surface area contributed by atoms with Gasteiger partial charge in [0.2, 0.25) is 5.91 Å². The molecule has 3 fully saturated rings. The van der Waals surface area contributed by atoms with Crippen molar-refractivity contribution in [1.82, 2.24) is 19.2 Å². The van der Waals surface area contributed by atoms with Crippen LogP contribution < -0.4 is 10.0 Å². The molecule has 3 aliphatic rings. The molecule has 3 rings (SSSR count). The average Bonchev–Trinajstić information content (AvgIpc) is 2.79. The van der Waals surface area contributed by atoms with Crippen LogP contribution in [-0.4, -0.2) is 91.9 Å². The van der Waals surface area contributed by atoms with Crippen molar-refractivity contribution < 1.29 is 31.5 Å². The molecule has 1 saturated carbocycles. The normalized spacial score (nSPS) is 27.1. The number of urea groups is 1. The number of aliphatic hydroxyl groups is 1. The Morgan fingerprint density at radius 3 is 2.37 bits per heavy atom. The molecule has 4 atom stereocenters. The SMILES string of the molecule is CC1CN(C[C@@H](O)[C@H](CC2CCCCC2)NC(=O)C2CCCS(=O)(=O)C2)C(=O)N(S(=O)(=O)NC(C)(C)C)C1. The minimum atomic E-state index is -4.10. The smallest absolute Gasteiger partial charge is 0.334 e. The second-order valence-electron chi connectivity index (χ2n) is 12.6. The molecule has 0 radical (unpaired) electrons. The summed E-state index contributed by atoms with van der Waals surface area (Å²) in [7, 11) is -7.37. The van der Waals surface area contributed by atoms with E-state index in [1.54, 1.807) is 20.8 Å². The highest BCUT2D eigenvalue weighted by Gasteiger charge is 2.41. The van der Waals surface area contributed by atoms with Gasteiger partial charge in [-0.2, -0.15) is 13.1 Å². The third kappa shape index (κ3) is 8.79. The molecule has 0 bridgehead atoms. The Hall–Kier alpha value is -1.44. The third-order valence-electron chi connectivity index (χ3n) is 7.56. The van der Waals surface area contributed by atoms with Crippen LogP contribution in [0.15, 0.2) is 0 Å². The standard InChI is InChI=1S/C25H46N4O7S2/c1-18-14-28(24(32)29(15-18)38(35,36)27-25(2,3)4)16-22(30)21(13-19-9-6-5-7-10-19)26-23(31)20-11-8-12-37(33,34)17-20/h18-22,27,30H,5-17H2,1-4H3,(H,26,31)/t18?,20?,21-,22+/m0/s1. The molecular weight excluding hydrogens is 532 g/mol. The van der Waals surface area contributed by atoms with Crippen molar-refractivity contribution in [3.63, 3.8) is 0 Å². The highest BCUT2D eigenvalue weighted by molar-refractivity contribution is 7.91. The van der Waals surface area contributed by atoms with Crippen LogP contribution in [0.2, 0.25) is 0 Å². The molecule has 1 aliphatic carbocycles. The molecular formula is C25H46N4O7S2. The molecule has 13 heteroatoms. The highest BCUT2D eigenvalue weighted by atomic mass is 32.2.